The Morgan fingerprint density at radius 3 is 2.48 bits per heavy atom. The number of benzene rings is 2. The minimum absolute atomic E-state index is 0.0865. The van der Waals surface area contributed by atoms with E-state index in [-0.39, 0.29) is 17.9 Å². The van der Waals surface area contributed by atoms with Crippen LogP contribution in [0.1, 0.15) is 5.69 Å². The molecule has 0 N–H and O–H groups in total. The van der Waals surface area contributed by atoms with E-state index in [1.807, 2.05) is 30.3 Å². The third-order valence-electron chi connectivity index (χ3n) is 4.17. The summed E-state index contributed by atoms with van der Waals surface area (Å²) in [6, 6.07) is 14.5. The Labute approximate surface area is 145 Å². The van der Waals surface area contributed by atoms with Gasteiger partial charge in [-0.3, -0.25) is 9.59 Å². The normalized spacial score (nSPS) is 10.7. The fourth-order valence-corrected chi connectivity index (χ4v) is 2.81. The van der Waals surface area contributed by atoms with Crippen molar-refractivity contribution in [2.45, 2.75) is 6.42 Å². The number of amides is 1. The molecule has 6 heteroatoms. The molecule has 0 aliphatic carbocycles. The lowest BCUT2D eigenvalue weighted by Crippen LogP contribution is -2.30. The van der Waals surface area contributed by atoms with Crippen LogP contribution < -0.4 is 15.2 Å². The molecule has 0 unspecified atom stereocenters. The molecule has 3 aromatic rings. The van der Waals surface area contributed by atoms with Crippen molar-refractivity contribution in [1.82, 2.24) is 9.78 Å². The Morgan fingerprint density at radius 2 is 1.76 bits per heavy atom. The predicted molar refractivity (Wildman–Crippen MR) is 97.1 cm³/mol. The number of rotatable bonds is 4. The largest absolute Gasteiger partial charge is 0.495 e. The van der Waals surface area contributed by atoms with Crippen molar-refractivity contribution in [3.05, 3.63) is 64.6 Å². The number of aryl methyl sites for hydroxylation is 1. The van der Waals surface area contributed by atoms with Crippen LogP contribution in [-0.2, 0) is 18.3 Å². The van der Waals surface area contributed by atoms with Gasteiger partial charge >= 0.3 is 0 Å². The second-order valence-electron chi connectivity index (χ2n) is 5.72. The molecule has 0 bridgehead atoms. The quantitative estimate of drug-likeness (QED) is 0.732. The van der Waals surface area contributed by atoms with Crippen molar-refractivity contribution >= 4 is 22.4 Å². The van der Waals surface area contributed by atoms with Crippen molar-refractivity contribution in [3.8, 4) is 5.75 Å². The van der Waals surface area contributed by atoms with Gasteiger partial charge in [0.1, 0.15) is 5.75 Å². The number of nitrogens with zero attached hydrogens (tertiary/aromatic N) is 3. The molecule has 6 nitrogen and oxygen atoms in total. The topological polar surface area (TPSA) is 64.4 Å². The van der Waals surface area contributed by atoms with E-state index in [1.165, 1.54) is 4.68 Å². The first kappa shape index (κ1) is 16.7. The zero-order chi connectivity index (χ0) is 18.0. The zero-order valence-corrected chi connectivity index (χ0v) is 14.4. The molecule has 2 aromatic carbocycles. The molecule has 25 heavy (non-hydrogen) atoms. The van der Waals surface area contributed by atoms with Gasteiger partial charge in [0, 0.05) is 19.5 Å². The van der Waals surface area contributed by atoms with E-state index < -0.39 is 0 Å². The number of hydrogen-bond donors (Lipinski definition) is 0. The van der Waals surface area contributed by atoms with Gasteiger partial charge in [0.25, 0.3) is 5.56 Å². The van der Waals surface area contributed by atoms with E-state index in [4.69, 9.17) is 4.74 Å². The van der Waals surface area contributed by atoms with E-state index in [9.17, 15) is 9.59 Å². The second kappa shape index (κ2) is 6.76. The molecule has 0 radical (unpaired) electrons. The number of carbonyl (C=O) groups excluding carboxylic acids is 1. The smallest absolute Gasteiger partial charge is 0.274 e. The van der Waals surface area contributed by atoms with Gasteiger partial charge < -0.3 is 9.64 Å². The van der Waals surface area contributed by atoms with Crippen LogP contribution in [0.5, 0.6) is 5.75 Å². The summed E-state index contributed by atoms with van der Waals surface area (Å²) < 4.78 is 6.59. The molecule has 0 aliphatic heterocycles. The van der Waals surface area contributed by atoms with E-state index in [0.717, 1.165) is 0 Å². The Kier molecular flexibility index (Phi) is 4.52. The van der Waals surface area contributed by atoms with Gasteiger partial charge in [0.2, 0.25) is 5.91 Å². The molecular formula is C19H19N3O3. The Morgan fingerprint density at radius 1 is 1.12 bits per heavy atom. The summed E-state index contributed by atoms with van der Waals surface area (Å²) in [6.45, 7) is 0. The summed E-state index contributed by atoms with van der Waals surface area (Å²) in [6.07, 6.45) is 0.0865. The highest BCUT2D eigenvalue weighted by Gasteiger charge is 2.18. The Bertz CT molecular complexity index is 995. The molecule has 0 fully saturated rings. The molecule has 1 heterocycles. The molecule has 0 atom stereocenters. The molecule has 0 spiro atoms. The van der Waals surface area contributed by atoms with Gasteiger partial charge in [-0.15, -0.1) is 0 Å². The van der Waals surface area contributed by atoms with Crippen LogP contribution in [0.15, 0.2) is 53.3 Å². The SMILES string of the molecule is COc1ccccc1N(C)C(=O)Cc1nn(C)c(=O)c2ccccc12. The summed E-state index contributed by atoms with van der Waals surface area (Å²) in [5, 5.41) is 5.54. The van der Waals surface area contributed by atoms with Crippen LogP contribution in [0.4, 0.5) is 5.69 Å². The number of methoxy groups -OCH3 is 1. The van der Waals surface area contributed by atoms with Gasteiger partial charge in [0.15, 0.2) is 0 Å². The van der Waals surface area contributed by atoms with E-state index >= 15 is 0 Å². The summed E-state index contributed by atoms with van der Waals surface area (Å²) in [4.78, 5) is 26.5. The average molecular weight is 337 g/mol. The molecule has 0 saturated carbocycles. The van der Waals surface area contributed by atoms with Crippen molar-refractivity contribution in [2.24, 2.45) is 7.05 Å². The van der Waals surface area contributed by atoms with Gasteiger partial charge in [-0.05, 0) is 18.2 Å². The van der Waals surface area contributed by atoms with Gasteiger partial charge in [-0.2, -0.15) is 5.10 Å². The highest BCUT2D eigenvalue weighted by Crippen LogP contribution is 2.27. The van der Waals surface area contributed by atoms with E-state index in [2.05, 4.69) is 5.10 Å². The number of hydrogen-bond acceptors (Lipinski definition) is 4. The van der Waals surface area contributed by atoms with Crippen LogP contribution in [0, 0.1) is 0 Å². The molecule has 3 rings (SSSR count). The van der Waals surface area contributed by atoms with Crippen molar-refractivity contribution in [2.75, 3.05) is 19.1 Å². The number of para-hydroxylation sites is 2. The number of ether oxygens (including phenoxy) is 1. The van der Waals surface area contributed by atoms with E-state index in [1.54, 1.807) is 44.3 Å². The molecule has 1 amide bonds. The summed E-state index contributed by atoms with van der Waals surface area (Å²) in [7, 11) is 4.86. The fraction of sp³-hybridized carbons (Fsp3) is 0.211. The standard InChI is InChI=1S/C19H19N3O3/c1-21(16-10-6-7-11-17(16)25-3)18(23)12-15-13-8-4-5-9-14(13)19(24)22(2)20-15/h4-11H,12H2,1-3H3. The van der Waals surface area contributed by atoms with Crippen molar-refractivity contribution < 1.29 is 9.53 Å². The summed E-state index contributed by atoms with van der Waals surface area (Å²) in [5.74, 6) is 0.484. The van der Waals surface area contributed by atoms with Crippen LogP contribution in [-0.4, -0.2) is 29.8 Å². The lowest BCUT2D eigenvalue weighted by molar-refractivity contribution is -0.117. The van der Waals surface area contributed by atoms with Crippen molar-refractivity contribution in [1.29, 1.82) is 0 Å². The Balaban J connectivity index is 1.97. The minimum Gasteiger partial charge on any atom is -0.495 e. The number of carbonyl (C=O) groups is 1. The summed E-state index contributed by atoms with van der Waals surface area (Å²) >= 11 is 0. The second-order valence-corrected chi connectivity index (χ2v) is 5.72. The number of anilines is 1. The van der Waals surface area contributed by atoms with E-state index in [0.29, 0.717) is 27.9 Å². The number of likely N-dealkylation sites (N-methyl/N-ethyl adjacent to an activating group) is 1. The Hall–Kier alpha value is -3.15. The first-order valence-electron chi connectivity index (χ1n) is 7.87. The van der Waals surface area contributed by atoms with Gasteiger partial charge in [0.05, 0.1) is 30.3 Å². The highest BCUT2D eigenvalue weighted by molar-refractivity contribution is 5.97. The zero-order valence-electron chi connectivity index (χ0n) is 14.4. The monoisotopic (exact) mass is 337 g/mol. The lowest BCUT2D eigenvalue weighted by atomic mass is 10.1. The third-order valence-corrected chi connectivity index (χ3v) is 4.17. The lowest BCUT2D eigenvalue weighted by Gasteiger charge is -2.20. The molecular weight excluding hydrogens is 318 g/mol. The summed E-state index contributed by atoms with van der Waals surface area (Å²) in [5.41, 5.74) is 1.08. The van der Waals surface area contributed by atoms with Crippen LogP contribution >= 0.6 is 0 Å². The van der Waals surface area contributed by atoms with Crippen LogP contribution in [0.2, 0.25) is 0 Å². The maximum atomic E-state index is 12.8. The van der Waals surface area contributed by atoms with Crippen molar-refractivity contribution in [3.63, 3.8) is 0 Å². The molecule has 1 aromatic heterocycles. The minimum atomic E-state index is -0.176. The number of aromatic nitrogens is 2. The highest BCUT2D eigenvalue weighted by atomic mass is 16.5. The average Bonchev–Trinajstić information content (AvgIpc) is 2.65. The van der Waals surface area contributed by atoms with Gasteiger partial charge in [-0.25, -0.2) is 4.68 Å². The van der Waals surface area contributed by atoms with Gasteiger partial charge in [-0.1, -0.05) is 30.3 Å². The maximum Gasteiger partial charge on any atom is 0.274 e. The van der Waals surface area contributed by atoms with Crippen LogP contribution in [0.25, 0.3) is 10.8 Å². The first-order valence-corrected chi connectivity index (χ1v) is 7.87. The molecule has 128 valence electrons. The fourth-order valence-electron chi connectivity index (χ4n) is 2.81. The number of fused-ring (bicyclic) bond motifs is 1. The predicted octanol–water partition coefficient (Wildman–Crippen LogP) is 2.15. The third kappa shape index (κ3) is 3.10. The maximum absolute atomic E-state index is 12.8. The molecule has 0 saturated heterocycles. The van der Waals surface area contributed by atoms with Crippen LogP contribution in [0.3, 0.4) is 0 Å². The molecule has 0 aliphatic rings. The first-order chi connectivity index (χ1) is 12.0.